The molecule has 0 saturated carbocycles. The average molecular weight is 412 g/mol. The van der Waals surface area contributed by atoms with E-state index in [0.29, 0.717) is 28.9 Å². The van der Waals surface area contributed by atoms with Crippen molar-refractivity contribution in [2.24, 2.45) is 5.92 Å². The van der Waals surface area contributed by atoms with Crippen LogP contribution in [0.4, 0.5) is 4.79 Å². The third-order valence-electron chi connectivity index (χ3n) is 4.39. The Labute approximate surface area is 175 Å². The van der Waals surface area contributed by atoms with Crippen LogP contribution in [0.1, 0.15) is 30.5 Å². The molecule has 152 valence electrons. The van der Waals surface area contributed by atoms with Gasteiger partial charge in [-0.2, -0.15) is 0 Å². The van der Waals surface area contributed by atoms with E-state index in [0.717, 1.165) is 28.5 Å². The van der Waals surface area contributed by atoms with E-state index in [1.165, 1.54) is 4.90 Å². The predicted molar refractivity (Wildman–Crippen MR) is 116 cm³/mol. The van der Waals surface area contributed by atoms with Crippen molar-refractivity contribution in [3.63, 3.8) is 0 Å². The molecule has 1 saturated heterocycles. The number of carbonyl (C=O) groups is 2. The van der Waals surface area contributed by atoms with Crippen LogP contribution >= 0.6 is 11.8 Å². The van der Waals surface area contributed by atoms with Crippen LogP contribution < -0.4 is 9.47 Å². The number of imide groups is 1. The molecular weight excluding hydrogens is 386 g/mol. The zero-order valence-corrected chi connectivity index (χ0v) is 17.9. The summed E-state index contributed by atoms with van der Waals surface area (Å²) in [6, 6.07) is 13.3. The van der Waals surface area contributed by atoms with Gasteiger partial charge in [0.15, 0.2) is 11.5 Å². The molecule has 1 aliphatic heterocycles. The topological polar surface area (TPSA) is 55.8 Å². The molecule has 1 fully saturated rings. The number of carbonyl (C=O) groups excluding carboxylic acids is 2. The maximum absolute atomic E-state index is 12.8. The summed E-state index contributed by atoms with van der Waals surface area (Å²) < 4.78 is 11.2. The highest BCUT2D eigenvalue weighted by Gasteiger charge is 2.35. The Kier molecular flexibility index (Phi) is 6.64. The first-order valence-electron chi connectivity index (χ1n) is 9.49. The number of ether oxygens (including phenoxy) is 2. The first-order valence-corrected chi connectivity index (χ1v) is 10.3. The SMILES string of the molecule is COc1cc(/C=C2\SC(=O)N(Cc3ccc(C)cc3)C2=O)ccc1OCC(C)C. The molecule has 0 unspecified atom stereocenters. The van der Waals surface area contributed by atoms with Crippen LogP contribution in [0.2, 0.25) is 0 Å². The van der Waals surface area contributed by atoms with Gasteiger partial charge in [-0.25, -0.2) is 0 Å². The van der Waals surface area contributed by atoms with E-state index < -0.39 is 0 Å². The number of aryl methyl sites for hydroxylation is 1. The normalized spacial score (nSPS) is 15.5. The molecule has 6 heteroatoms. The minimum Gasteiger partial charge on any atom is -0.493 e. The molecule has 2 aromatic rings. The summed E-state index contributed by atoms with van der Waals surface area (Å²) in [5.41, 5.74) is 2.84. The van der Waals surface area contributed by atoms with E-state index in [2.05, 4.69) is 13.8 Å². The molecule has 0 bridgehead atoms. The minimum atomic E-state index is -0.278. The number of rotatable bonds is 7. The highest BCUT2D eigenvalue weighted by molar-refractivity contribution is 8.18. The number of thioether (sulfide) groups is 1. The smallest absolute Gasteiger partial charge is 0.293 e. The van der Waals surface area contributed by atoms with Crippen LogP contribution in [0.3, 0.4) is 0 Å². The van der Waals surface area contributed by atoms with Crippen molar-refractivity contribution in [3.8, 4) is 11.5 Å². The fourth-order valence-electron chi connectivity index (χ4n) is 2.81. The van der Waals surface area contributed by atoms with Crippen LogP contribution in [-0.4, -0.2) is 29.8 Å². The van der Waals surface area contributed by atoms with Crippen LogP contribution in [0.5, 0.6) is 11.5 Å². The van der Waals surface area contributed by atoms with E-state index in [1.807, 2.05) is 49.4 Å². The Hall–Kier alpha value is -2.73. The first-order chi connectivity index (χ1) is 13.9. The molecule has 2 amide bonds. The molecule has 3 rings (SSSR count). The maximum Gasteiger partial charge on any atom is 0.293 e. The van der Waals surface area contributed by atoms with Crippen molar-refractivity contribution in [2.45, 2.75) is 27.3 Å². The summed E-state index contributed by atoms with van der Waals surface area (Å²) in [5.74, 6) is 1.38. The van der Waals surface area contributed by atoms with Gasteiger partial charge in [0.1, 0.15) is 0 Å². The molecule has 2 aromatic carbocycles. The lowest BCUT2D eigenvalue weighted by molar-refractivity contribution is -0.123. The second-order valence-corrected chi connectivity index (χ2v) is 8.36. The molecule has 0 N–H and O–H groups in total. The third-order valence-corrected chi connectivity index (χ3v) is 5.30. The third kappa shape index (κ3) is 5.21. The zero-order valence-electron chi connectivity index (χ0n) is 17.1. The van der Waals surface area contributed by atoms with E-state index in [9.17, 15) is 9.59 Å². The Morgan fingerprint density at radius 1 is 1.07 bits per heavy atom. The Balaban J connectivity index is 1.77. The lowest BCUT2D eigenvalue weighted by Crippen LogP contribution is -2.27. The van der Waals surface area contributed by atoms with Gasteiger partial charge in [-0.05, 0) is 53.9 Å². The van der Waals surface area contributed by atoms with Gasteiger partial charge in [0.05, 0.1) is 25.2 Å². The molecule has 0 radical (unpaired) electrons. The monoisotopic (exact) mass is 411 g/mol. The van der Waals surface area contributed by atoms with Gasteiger partial charge in [0, 0.05) is 0 Å². The largest absolute Gasteiger partial charge is 0.493 e. The molecule has 0 spiro atoms. The molecule has 5 nitrogen and oxygen atoms in total. The molecule has 0 aliphatic carbocycles. The van der Waals surface area contributed by atoms with Gasteiger partial charge in [-0.15, -0.1) is 0 Å². The van der Waals surface area contributed by atoms with Crippen LogP contribution in [-0.2, 0) is 11.3 Å². The van der Waals surface area contributed by atoms with E-state index in [1.54, 1.807) is 13.2 Å². The lowest BCUT2D eigenvalue weighted by Gasteiger charge is -2.13. The van der Waals surface area contributed by atoms with E-state index in [4.69, 9.17) is 9.47 Å². The summed E-state index contributed by atoms with van der Waals surface area (Å²) in [6.07, 6.45) is 1.72. The van der Waals surface area contributed by atoms with Crippen molar-refractivity contribution in [1.82, 2.24) is 4.90 Å². The van der Waals surface area contributed by atoms with Gasteiger partial charge in [0.25, 0.3) is 11.1 Å². The van der Waals surface area contributed by atoms with Crippen molar-refractivity contribution >= 4 is 29.0 Å². The van der Waals surface area contributed by atoms with Crippen LogP contribution in [0, 0.1) is 12.8 Å². The molecule has 1 heterocycles. The van der Waals surface area contributed by atoms with Gasteiger partial charge in [-0.3, -0.25) is 14.5 Å². The number of amides is 2. The van der Waals surface area contributed by atoms with Crippen molar-refractivity contribution in [2.75, 3.05) is 13.7 Å². The van der Waals surface area contributed by atoms with E-state index in [-0.39, 0.29) is 17.7 Å². The first kappa shape index (κ1) is 21.0. The highest BCUT2D eigenvalue weighted by atomic mass is 32.2. The number of hydrogen-bond donors (Lipinski definition) is 0. The van der Waals surface area contributed by atoms with Crippen LogP contribution in [0.15, 0.2) is 47.4 Å². The number of benzene rings is 2. The quantitative estimate of drug-likeness (QED) is 0.581. The second-order valence-electron chi connectivity index (χ2n) is 7.37. The molecule has 29 heavy (non-hydrogen) atoms. The van der Waals surface area contributed by atoms with Crippen molar-refractivity contribution in [1.29, 1.82) is 0 Å². The summed E-state index contributed by atoms with van der Waals surface area (Å²) >= 11 is 0.957. The van der Waals surface area contributed by atoms with E-state index >= 15 is 0 Å². The lowest BCUT2D eigenvalue weighted by atomic mass is 10.1. The van der Waals surface area contributed by atoms with Gasteiger partial charge in [0.2, 0.25) is 0 Å². The van der Waals surface area contributed by atoms with Gasteiger partial charge >= 0.3 is 0 Å². The second kappa shape index (κ2) is 9.18. The Morgan fingerprint density at radius 3 is 2.45 bits per heavy atom. The summed E-state index contributed by atoms with van der Waals surface area (Å²) in [7, 11) is 1.58. The number of methoxy groups -OCH3 is 1. The summed E-state index contributed by atoms with van der Waals surface area (Å²) in [4.78, 5) is 26.8. The zero-order chi connectivity index (χ0) is 21.0. The van der Waals surface area contributed by atoms with Crippen molar-refractivity contribution in [3.05, 3.63) is 64.1 Å². The average Bonchev–Trinajstić information content (AvgIpc) is 2.95. The summed E-state index contributed by atoms with van der Waals surface area (Å²) in [5, 5.41) is -0.259. The van der Waals surface area contributed by atoms with Crippen LogP contribution in [0.25, 0.3) is 6.08 Å². The highest BCUT2D eigenvalue weighted by Crippen LogP contribution is 2.35. The standard InChI is InChI=1S/C23H25NO4S/c1-15(2)14-28-19-10-9-18(11-20(19)27-4)12-21-22(25)24(23(26)29-21)13-17-7-5-16(3)6-8-17/h5-12,15H,13-14H2,1-4H3/b21-12-. The fraction of sp³-hybridized carbons (Fsp3) is 0.304. The maximum atomic E-state index is 12.8. The fourth-order valence-corrected chi connectivity index (χ4v) is 3.65. The Bertz CT molecular complexity index is 934. The molecule has 0 atom stereocenters. The Morgan fingerprint density at radius 2 is 1.79 bits per heavy atom. The summed E-state index contributed by atoms with van der Waals surface area (Å²) in [6.45, 7) is 7.02. The van der Waals surface area contributed by atoms with Crippen molar-refractivity contribution < 1.29 is 19.1 Å². The minimum absolute atomic E-state index is 0.259. The molecular formula is C23H25NO4S. The van der Waals surface area contributed by atoms with Gasteiger partial charge in [-0.1, -0.05) is 49.7 Å². The number of hydrogen-bond acceptors (Lipinski definition) is 5. The molecule has 1 aliphatic rings. The van der Waals surface area contributed by atoms with Gasteiger partial charge < -0.3 is 9.47 Å². The predicted octanol–water partition coefficient (Wildman–Crippen LogP) is 5.27. The number of nitrogens with zero attached hydrogens (tertiary/aromatic N) is 1. The molecule has 0 aromatic heterocycles.